The van der Waals surface area contributed by atoms with E-state index >= 15 is 0 Å². The fourth-order valence-electron chi connectivity index (χ4n) is 3.47. The fourth-order valence-corrected chi connectivity index (χ4v) is 5.02. The van der Waals surface area contributed by atoms with Crippen LogP contribution in [0.2, 0.25) is 0 Å². The number of ether oxygens (including phenoxy) is 1. The van der Waals surface area contributed by atoms with Crippen LogP contribution in [0.1, 0.15) is 34.0 Å². The maximum Gasteiger partial charge on any atom is 0.274 e. The van der Waals surface area contributed by atoms with Gasteiger partial charge in [-0.2, -0.15) is 0 Å². The lowest BCUT2D eigenvalue weighted by atomic mass is 9.92. The molecule has 2 aliphatic rings. The van der Waals surface area contributed by atoms with E-state index in [1.54, 1.807) is 12.4 Å². The Morgan fingerprint density at radius 2 is 2.12 bits per heavy atom. The molecule has 0 saturated carbocycles. The average Bonchev–Trinajstić information content (AvgIpc) is 3.04. The molecule has 0 unspecified atom stereocenters. The van der Waals surface area contributed by atoms with Gasteiger partial charge in [-0.1, -0.05) is 6.07 Å². The number of hydrogen-bond donors (Lipinski definition) is 0. The SMILES string of the molecule is Cc1cnc(C(=O)N2CC3(C[C@@H](OCc4cccc(C)n4)CS3)C2)cn1. The zero-order chi connectivity index (χ0) is 18.1. The molecule has 2 fully saturated rings. The van der Waals surface area contributed by atoms with Crippen LogP contribution >= 0.6 is 11.8 Å². The number of thioether (sulfide) groups is 1. The Labute approximate surface area is 157 Å². The molecular formula is C19H22N4O2S. The van der Waals surface area contributed by atoms with Gasteiger partial charge in [0.2, 0.25) is 0 Å². The van der Waals surface area contributed by atoms with E-state index in [1.807, 2.05) is 48.7 Å². The molecule has 1 atom stereocenters. The Kier molecular flexibility index (Phi) is 4.67. The summed E-state index contributed by atoms with van der Waals surface area (Å²) in [5.74, 6) is 0.940. The number of likely N-dealkylation sites (tertiary alicyclic amines) is 1. The van der Waals surface area contributed by atoms with Crippen LogP contribution < -0.4 is 0 Å². The number of carbonyl (C=O) groups excluding carboxylic acids is 1. The summed E-state index contributed by atoms with van der Waals surface area (Å²) < 4.78 is 6.20. The van der Waals surface area contributed by atoms with Crippen LogP contribution in [-0.2, 0) is 11.3 Å². The van der Waals surface area contributed by atoms with E-state index in [0.29, 0.717) is 12.3 Å². The van der Waals surface area contributed by atoms with E-state index in [0.717, 1.165) is 42.3 Å². The molecule has 0 aliphatic carbocycles. The van der Waals surface area contributed by atoms with Gasteiger partial charge in [0, 0.05) is 30.7 Å². The Balaban J connectivity index is 1.28. The first-order chi connectivity index (χ1) is 12.5. The molecule has 4 heterocycles. The predicted octanol–water partition coefficient (Wildman–Crippen LogP) is 2.41. The Morgan fingerprint density at radius 1 is 1.27 bits per heavy atom. The van der Waals surface area contributed by atoms with Gasteiger partial charge in [-0.15, -0.1) is 11.8 Å². The normalized spacial score (nSPS) is 21.0. The summed E-state index contributed by atoms with van der Waals surface area (Å²) in [4.78, 5) is 27.2. The third-order valence-corrected chi connectivity index (χ3v) is 6.41. The highest BCUT2D eigenvalue weighted by Crippen LogP contribution is 2.46. The van der Waals surface area contributed by atoms with Gasteiger partial charge in [0.15, 0.2) is 0 Å². The largest absolute Gasteiger partial charge is 0.371 e. The van der Waals surface area contributed by atoms with E-state index < -0.39 is 0 Å². The summed E-state index contributed by atoms with van der Waals surface area (Å²) in [5.41, 5.74) is 3.22. The highest BCUT2D eigenvalue weighted by atomic mass is 32.2. The minimum Gasteiger partial charge on any atom is -0.371 e. The first-order valence-corrected chi connectivity index (χ1v) is 9.78. The van der Waals surface area contributed by atoms with Crippen LogP contribution in [0.4, 0.5) is 0 Å². The summed E-state index contributed by atoms with van der Waals surface area (Å²) in [6, 6.07) is 5.99. The van der Waals surface area contributed by atoms with Gasteiger partial charge in [-0.3, -0.25) is 14.8 Å². The minimum absolute atomic E-state index is 0.0305. The van der Waals surface area contributed by atoms with Crippen molar-refractivity contribution in [3.8, 4) is 0 Å². The maximum atomic E-state index is 12.5. The minimum atomic E-state index is -0.0305. The second-order valence-corrected chi connectivity index (χ2v) is 8.59. The van der Waals surface area contributed by atoms with Crippen molar-refractivity contribution < 1.29 is 9.53 Å². The van der Waals surface area contributed by atoms with Crippen molar-refractivity contribution >= 4 is 17.7 Å². The molecule has 1 amide bonds. The number of amides is 1. The molecule has 6 nitrogen and oxygen atoms in total. The lowest BCUT2D eigenvalue weighted by Gasteiger charge is -2.47. The van der Waals surface area contributed by atoms with Crippen LogP contribution in [0.5, 0.6) is 0 Å². The van der Waals surface area contributed by atoms with Crippen molar-refractivity contribution in [2.75, 3.05) is 18.8 Å². The van der Waals surface area contributed by atoms with E-state index in [1.165, 1.54) is 0 Å². The Bertz CT molecular complexity index is 805. The molecule has 0 bridgehead atoms. The quantitative estimate of drug-likeness (QED) is 0.823. The van der Waals surface area contributed by atoms with Gasteiger partial charge in [-0.05, 0) is 32.4 Å². The first-order valence-electron chi connectivity index (χ1n) is 8.79. The Morgan fingerprint density at radius 3 is 2.85 bits per heavy atom. The molecule has 7 heteroatoms. The summed E-state index contributed by atoms with van der Waals surface area (Å²) in [7, 11) is 0. The van der Waals surface area contributed by atoms with Crippen LogP contribution in [0.25, 0.3) is 0 Å². The first kappa shape index (κ1) is 17.4. The number of carbonyl (C=O) groups is 1. The van der Waals surface area contributed by atoms with Gasteiger partial charge >= 0.3 is 0 Å². The van der Waals surface area contributed by atoms with Crippen molar-refractivity contribution in [3.63, 3.8) is 0 Å². The van der Waals surface area contributed by atoms with Crippen molar-refractivity contribution in [3.05, 3.63) is 53.4 Å². The molecule has 2 aromatic heterocycles. The van der Waals surface area contributed by atoms with Gasteiger partial charge in [0.1, 0.15) is 5.69 Å². The van der Waals surface area contributed by atoms with Crippen molar-refractivity contribution in [2.24, 2.45) is 0 Å². The van der Waals surface area contributed by atoms with Gasteiger partial charge in [0.25, 0.3) is 5.91 Å². The molecule has 2 saturated heterocycles. The molecule has 2 aromatic rings. The molecule has 2 aliphatic heterocycles. The van der Waals surface area contributed by atoms with Gasteiger partial charge < -0.3 is 9.64 Å². The lowest BCUT2D eigenvalue weighted by molar-refractivity contribution is 0.0242. The van der Waals surface area contributed by atoms with E-state index in [-0.39, 0.29) is 16.8 Å². The standard InChI is InChI=1S/C19H22N4O2S/c1-13-4-3-5-15(22-13)9-25-16-6-19(26-10-16)11-23(12-19)18(24)17-8-20-14(2)7-21-17/h3-5,7-8,16H,6,9-12H2,1-2H3/t16-/m1/s1. The van der Waals surface area contributed by atoms with E-state index in [4.69, 9.17) is 4.74 Å². The topological polar surface area (TPSA) is 68.2 Å². The van der Waals surface area contributed by atoms with E-state index in [2.05, 4.69) is 15.0 Å². The summed E-state index contributed by atoms with van der Waals surface area (Å²) >= 11 is 1.92. The maximum absolute atomic E-state index is 12.5. The molecule has 0 aromatic carbocycles. The monoisotopic (exact) mass is 370 g/mol. The zero-order valence-corrected chi connectivity index (χ0v) is 15.8. The van der Waals surface area contributed by atoms with Crippen LogP contribution in [-0.4, -0.2) is 55.5 Å². The van der Waals surface area contributed by atoms with Crippen molar-refractivity contribution in [1.29, 1.82) is 0 Å². The molecule has 1 spiro atoms. The summed E-state index contributed by atoms with van der Waals surface area (Å²) in [5, 5.41) is 0. The molecule has 26 heavy (non-hydrogen) atoms. The number of pyridine rings is 1. The molecule has 4 rings (SSSR count). The zero-order valence-electron chi connectivity index (χ0n) is 15.0. The molecule has 136 valence electrons. The number of rotatable bonds is 4. The molecule has 0 N–H and O–H groups in total. The second kappa shape index (κ2) is 6.96. The number of aromatic nitrogens is 3. The molecular weight excluding hydrogens is 348 g/mol. The van der Waals surface area contributed by atoms with Crippen LogP contribution in [0.15, 0.2) is 30.6 Å². The van der Waals surface area contributed by atoms with Crippen LogP contribution in [0, 0.1) is 13.8 Å². The third kappa shape index (κ3) is 3.59. The predicted molar refractivity (Wildman–Crippen MR) is 100 cm³/mol. The highest BCUT2D eigenvalue weighted by molar-refractivity contribution is 8.01. The molecule has 0 radical (unpaired) electrons. The number of nitrogens with zero attached hydrogens (tertiary/aromatic N) is 4. The van der Waals surface area contributed by atoms with Crippen molar-refractivity contribution in [1.82, 2.24) is 19.9 Å². The van der Waals surface area contributed by atoms with Crippen LogP contribution in [0.3, 0.4) is 0 Å². The average molecular weight is 370 g/mol. The third-order valence-electron chi connectivity index (χ3n) is 4.83. The number of hydrogen-bond acceptors (Lipinski definition) is 6. The Hall–Kier alpha value is -1.99. The smallest absolute Gasteiger partial charge is 0.274 e. The van der Waals surface area contributed by atoms with Gasteiger partial charge in [-0.25, -0.2) is 4.98 Å². The van der Waals surface area contributed by atoms with Crippen molar-refractivity contribution in [2.45, 2.75) is 37.7 Å². The lowest BCUT2D eigenvalue weighted by Crippen LogP contribution is -2.60. The van der Waals surface area contributed by atoms with Gasteiger partial charge in [0.05, 0.1) is 35.0 Å². The fraction of sp³-hybridized carbons (Fsp3) is 0.474. The second-order valence-electron chi connectivity index (χ2n) is 7.11. The van der Waals surface area contributed by atoms with E-state index in [9.17, 15) is 4.79 Å². The summed E-state index contributed by atoms with van der Waals surface area (Å²) in [6.45, 7) is 5.91. The number of aryl methyl sites for hydroxylation is 2. The highest BCUT2D eigenvalue weighted by Gasteiger charge is 2.51. The summed E-state index contributed by atoms with van der Waals surface area (Å²) in [6.07, 6.45) is 4.40.